The van der Waals surface area contributed by atoms with Gasteiger partial charge >= 0.3 is 0 Å². The van der Waals surface area contributed by atoms with E-state index < -0.39 is 5.41 Å². The number of rotatable bonds is 3. The Morgan fingerprint density at radius 3 is 1.52 bits per heavy atom. The maximum atomic E-state index is 6.93. The van der Waals surface area contributed by atoms with Gasteiger partial charge in [-0.15, -0.1) is 0 Å². The molecule has 8 aromatic rings. The molecule has 1 aliphatic carbocycles. The summed E-state index contributed by atoms with van der Waals surface area (Å²) in [6.07, 6.45) is 0. The van der Waals surface area contributed by atoms with Gasteiger partial charge in [0.25, 0.3) is 0 Å². The number of fused-ring (bicyclic) bond motifs is 11. The van der Waals surface area contributed by atoms with E-state index in [2.05, 4.69) is 103 Å². The fourth-order valence-electron chi connectivity index (χ4n) is 7.71. The van der Waals surface area contributed by atoms with E-state index in [0.717, 1.165) is 50.1 Å². The number of hydrogen-bond donors (Lipinski definition) is 0. The Balaban J connectivity index is 1.24. The third-order valence-electron chi connectivity index (χ3n) is 9.79. The molecule has 4 nitrogen and oxygen atoms in total. The van der Waals surface area contributed by atoms with Crippen molar-refractivity contribution in [3.05, 3.63) is 186 Å². The summed E-state index contributed by atoms with van der Waals surface area (Å²) in [5.41, 5.74) is 9.62. The van der Waals surface area contributed by atoms with Crippen molar-refractivity contribution in [2.45, 2.75) is 5.41 Å². The Morgan fingerprint density at radius 1 is 0.396 bits per heavy atom. The van der Waals surface area contributed by atoms with Crippen LogP contribution in [0.3, 0.4) is 0 Å². The van der Waals surface area contributed by atoms with Gasteiger partial charge in [-0.2, -0.15) is 0 Å². The van der Waals surface area contributed by atoms with Gasteiger partial charge in [0.2, 0.25) is 0 Å². The topological polar surface area (TPSA) is 47.9 Å². The van der Waals surface area contributed by atoms with Gasteiger partial charge in [-0.25, -0.2) is 15.0 Å². The molecule has 0 radical (unpaired) electrons. The minimum Gasteiger partial charge on any atom is -0.456 e. The summed E-state index contributed by atoms with van der Waals surface area (Å²) in [5.74, 6) is 3.62. The molecule has 1 aromatic heterocycles. The van der Waals surface area contributed by atoms with Crippen LogP contribution in [0.1, 0.15) is 22.3 Å². The van der Waals surface area contributed by atoms with Crippen LogP contribution in [0.2, 0.25) is 0 Å². The van der Waals surface area contributed by atoms with Gasteiger partial charge in [0, 0.05) is 33.2 Å². The van der Waals surface area contributed by atoms with Gasteiger partial charge in [0.15, 0.2) is 17.5 Å². The van der Waals surface area contributed by atoms with Crippen molar-refractivity contribution in [3.63, 3.8) is 0 Å². The zero-order chi connectivity index (χ0) is 31.7. The van der Waals surface area contributed by atoms with Gasteiger partial charge in [-0.05, 0) is 39.8 Å². The quantitative estimate of drug-likeness (QED) is 0.199. The maximum Gasteiger partial charge on any atom is 0.164 e. The predicted molar refractivity (Wildman–Crippen MR) is 191 cm³/mol. The van der Waals surface area contributed by atoms with Gasteiger partial charge in [-0.1, -0.05) is 152 Å². The Kier molecular flexibility index (Phi) is 5.75. The van der Waals surface area contributed by atoms with Crippen molar-refractivity contribution < 1.29 is 4.74 Å². The lowest BCUT2D eigenvalue weighted by molar-refractivity contribution is 0.441. The fraction of sp³-hybridized carbons (Fsp3) is 0.0227. The Bertz CT molecular complexity index is 2440. The third kappa shape index (κ3) is 3.80. The summed E-state index contributed by atoms with van der Waals surface area (Å²) in [5, 5.41) is 2.11. The number of ether oxygens (including phenoxy) is 1. The SMILES string of the molecule is c1ccc(-c2nc(-c3ccccc3)nc(-c3ccc4ccc5c(c4c3)Oc3ccccc3C53c4ccccc4-c4ccccc43)n2)cc1. The molecule has 1 spiro atoms. The third-order valence-corrected chi connectivity index (χ3v) is 9.79. The van der Waals surface area contributed by atoms with E-state index in [1.807, 2.05) is 60.7 Å². The van der Waals surface area contributed by atoms with Crippen molar-refractivity contribution in [2.24, 2.45) is 0 Å². The van der Waals surface area contributed by atoms with Crippen LogP contribution in [0.25, 0.3) is 56.1 Å². The highest BCUT2D eigenvalue weighted by molar-refractivity contribution is 5.97. The smallest absolute Gasteiger partial charge is 0.164 e. The predicted octanol–water partition coefficient (Wildman–Crippen LogP) is 10.5. The average molecular weight is 614 g/mol. The van der Waals surface area contributed by atoms with Crippen LogP contribution >= 0.6 is 0 Å². The zero-order valence-electron chi connectivity index (χ0n) is 25.8. The first-order valence-electron chi connectivity index (χ1n) is 16.2. The Morgan fingerprint density at radius 2 is 0.896 bits per heavy atom. The minimum absolute atomic E-state index is 0.518. The summed E-state index contributed by atoms with van der Waals surface area (Å²) in [6, 6.07) is 57.2. The first-order valence-corrected chi connectivity index (χ1v) is 16.2. The van der Waals surface area contributed by atoms with Crippen LogP contribution in [0.5, 0.6) is 11.5 Å². The molecule has 48 heavy (non-hydrogen) atoms. The molecule has 0 N–H and O–H groups in total. The summed E-state index contributed by atoms with van der Waals surface area (Å²) in [4.78, 5) is 14.9. The minimum atomic E-state index is -0.518. The molecule has 4 heteroatoms. The van der Waals surface area contributed by atoms with Gasteiger partial charge in [0.05, 0.1) is 5.41 Å². The second-order valence-electron chi connectivity index (χ2n) is 12.4. The molecule has 0 bridgehead atoms. The van der Waals surface area contributed by atoms with Gasteiger partial charge < -0.3 is 4.74 Å². The first-order chi connectivity index (χ1) is 23.8. The lowest BCUT2D eigenvalue weighted by Gasteiger charge is -2.39. The highest BCUT2D eigenvalue weighted by atomic mass is 16.5. The normalized spacial score (nSPS) is 13.3. The average Bonchev–Trinajstić information content (AvgIpc) is 3.46. The number of nitrogens with zero attached hydrogens (tertiary/aromatic N) is 3. The molecule has 0 saturated heterocycles. The molecule has 7 aromatic carbocycles. The highest BCUT2D eigenvalue weighted by Crippen LogP contribution is 2.62. The molecule has 2 aliphatic rings. The standard InChI is InChI=1S/C44H27N3O/c1-3-13-29(14-4-1)41-45-42(30-15-5-2-6-16-30)47-43(46-41)31-24-23-28-25-26-38-40(34(28)27-31)48-39-22-12-11-21-37(39)44(38)35-19-9-7-17-32(35)33-18-8-10-20-36(33)44/h1-27H. The molecule has 0 amide bonds. The second-order valence-corrected chi connectivity index (χ2v) is 12.4. The lowest BCUT2D eigenvalue weighted by Crippen LogP contribution is -2.32. The summed E-state index contributed by atoms with van der Waals surface area (Å²) >= 11 is 0. The molecule has 0 unspecified atom stereocenters. The van der Waals surface area contributed by atoms with E-state index in [1.54, 1.807) is 0 Å². The van der Waals surface area contributed by atoms with E-state index in [0.29, 0.717) is 17.5 Å². The molecule has 0 fully saturated rings. The zero-order valence-corrected chi connectivity index (χ0v) is 25.8. The van der Waals surface area contributed by atoms with Crippen LogP contribution in [0, 0.1) is 0 Å². The van der Waals surface area contributed by atoms with Crippen molar-refractivity contribution in [1.29, 1.82) is 0 Å². The largest absolute Gasteiger partial charge is 0.456 e. The van der Waals surface area contributed by atoms with E-state index in [4.69, 9.17) is 19.7 Å². The maximum absolute atomic E-state index is 6.93. The van der Waals surface area contributed by atoms with Gasteiger partial charge in [0.1, 0.15) is 11.5 Å². The lowest BCUT2D eigenvalue weighted by atomic mass is 9.66. The van der Waals surface area contributed by atoms with E-state index in [-0.39, 0.29) is 0 Å². The molecule has 2 heterocycles. The molecular formula is C44H27N3O. The van der Waals surface area contributed by atoms with Crippen molar-refractivity contribution in [3.8, 4) is 56.8 Å². The molecule has 0 atom stereocenters. The summed E-state index contributed by atoms with van der Waals surface area (Å²) in [7, 11) is 0. The monoisotopic (exact) mass is 613 g/mol. The van der Waals surface area contributed by atoms with Crippen LogP contribution in [0.4, 0.5) is 0 Å². The molecule has 224 valence electrons. The number of para-hydroxylation sites is 1. The summed E-state index contributed by atoms with van der Waals surface area (Å²) in [6.45, 7) is 0. The summed E-state index contributed by atoms with van der Waals surface area (Å²) < 4.78 is 6.93. The van der Waals surface area contributed by atoms with Crippen LogP contribution < -0.4 is 4.74 Å². The van der Waals surface area contributed by atoms with Crippen molar-refractivity contribution in [2.75, 3.05) is 0 Å². The Labute approximate surface area is 278 Å². The van der Waals surface area contributed by atoms with E-state index in [1.165, 1.54) is 22.3 Å². The molecule has 10 rings (SSSR count). The first kappa shape index (κ1) is 26.8. The fourth-order valence-corrected chi connectivity index (χ4v) is 7.71. The van der Waals surface area contributed by atoms with Crippen LogP contribution in [-0.2, 0) is 5.41 Å². The molecular weight excluding hydrogens is 587 g/mol. The molecule has 1 aliphatic heterocycles. The van der Waals surface area contributed by atoms with E-state index in [9.17, 15) is 0 Å². The van der Waals surface area contributed by atoms with Crippen LogP contribution in [0.15, 0.2) is 164 Å². The highest BCUT2D eigenvalue weighted by Gasteiger charge is 2.51. The van der Waals surface area contributed by atoms with E-state index >= 15 is 0 Å². The number of benzene rings is 7. The Hall–Kier alpha value is -6.39. The number of hydrogen-bond acceptors (Lipinski definition) is 4. The van der Waals surface area contributed by atoms with Crippen molar-refractivity contribution in [1.82, 2.24) is 15.0 Å². The molecule has 0 saturated carbocycles. The number of aromatic nitrogens is 3. The second kappa shape index (κ2) is 10.3. The van der Waals surface area contributed by atoms with Crippen molar-refractivity contribution >= 4 is 10.8 Å². The van der Waals surface area contributed by atoms with Crippen LogP contribution in [-0.4, -0.2) is 15.0 Å². The van der Waals surface area contributed by atoms with Gasteiger partial charge in [-0.3, -0.25) is 0 Å².